The Hall–Kier alpha value is -3.21. The Morgan fingerprint density at radius 3 is 2.83 bits per heavy atom. The van der Waals surface area contributed by atoms with Crippen molar-refractivity contribution in [3.05, 3.63) is 59.3 Å². The van der Waals surface area contributed by atoms with Gasteiger partial charge in [0.2, 0.25) is 5.91 Å². The molecular weight excluding hydrogens is 468 g/mol. The first-order valence-electron chi connectivity index (χ1n) is 12.7. The SMILES string of the molecule is CC(C)Oc1ccc(-c2ncc(-c3cccc4c3C[C@@H](C)[C@@H]4NCC(=O)N3CCCC3)s2)cc1C#N. The van der Waals surface area contributed by atoms with Gasteiger partial charge in [0.15, 0.2) is 0 Å². The molecule has 186 valence electrons. The Labute approximate surface area is 216 Å². The molecule has 1 aromatic heterocycles. The third-order valence-corrected chi connectivity index (χ3v) is 8.13. The molecule has 3 aromatic rings. The van der Waals surface area contributed by atoms with E-state index in [0.717, 1.165) is 47.8 Å². The molecule has 1 fully saturated rings. The lowest BCUT2D eigenvalue weighted by atomic mass is 10.0. The average Bonchev–Trinajstić information content (AvgIpc) is 3.62. The van der Waals surface area contributed by atoms with E-state index in [1.54, 1.807) is 11.3 Å². The molecule has 2 aromatic carbocycles. The van der Waals surface area contributed by atoms with Crippen LogP contribution in [0.25, 0.3) is 21.0 Å². The van der Waals surface area contributed by atoms with E-state index in [1.807, 2.05) is 43.1 Å². The highest BCUT2D eigenvalue weighted by Gasteiger charge is 2.32. The third-order valence-electron chi connectivity index (χ3n) is 7.06. The van der Waals surface area contributed by atoms with Crippen LogP contribution >= 0.6 is 11.3 Å². The predicted octanol–water partition coefficient (Wildman–Crippen LogP) is 5.58. The maximum Gasteiger partial charge on any atom is 0.236 e. The summed E-state index contributed by atoms with van der Waals surface area (Å²) in [5.41, 5.74) is 5.26. The molecule has 6 nitrogen and oxygen atoms in total. The van der Waals surface area contributed by atoms with Crippen molar-refractivity contribution in [1.29, 1.82) is 5.26 Å². The van der Waals surface area contributed by atoms with Crippen molar-refractivity contribution in [2.75, 3.05) is 19.6 Å². The number of amides is 1. The molecule has 36 heavy (non-hydrogen) atoms. The number of nitrogens with one attached hydrogen (secondary N) is 1. The first-order valence-corrected chi connectivity index (χ1v) is 13.6. The summed E-state index contributed by atoms with van der Waals surface area (Å²) in [5, 5.41) is 14.0. The summed E-state index contributed by atoms with van der Waals surface area (Å²) >= 11 is 1.64. The van der Waals surface area contributed by atoms with Crippen LogP contribution in [-0.2, 0) is 11.2 Å². The van der Waals surface area contributed by atoms with E-state index >= 15 is 0 Å². The molecule has 1 amide bonds. The van der Waals surface area contributed by atoms with Crippen LogP contribution in [0.5, 0.6) is 5.75 Å². The lowest BCUT2D eigenvalue weighted by Crippen LogP contribution is -2.38. The van der Waals surface area contributed by atoms with Gasteiger partial charge in [-0.25, -0.2) is 4.98 Å². The molecule has 0 saturated carbocycles. The van der Waals surface area contributed by atoms with Gasteiger partial charge in [-0.1, -0.05) is 25.1 Å². The fraction of sp³-hybridized carbons (Fsp3) is 0.414. The Kier molecular flexibility index (Phi) is 7.08. The van der Waals surface area contributed by atoms with E-state index < -0.39 is 0 Å². The van der Waals surface area contributed by atoms with Crippen molar-refractivity contribution in [3.8, 4) is 32.8 Å². The van der Waals surface area contributed by atoms with Crippen LogP contribution in [0.2, 0.25) is 0 Å². The zero-order chi connectivity index (χ0) is 25.2. The Morgan fingerprint density at radius 1 is 1.28 bits per heavy atom. The highest BCUT2D eigenvalue weighted by molar-refractivity contribution is 7.18. The fourth-order valence-corrected chi connectivity index (χ4v) is 6.29. The van der Waals surface area contributed by atoms with E-state index in [2.05, 4.69) is 36.5 Å². The molecule has 1 aliphatic heterocycles. The van der Waals surface area contributed by atoms with E-state index in [9.17, 15) is 10.1 Å². The largest absolute Gasteiger partial charge is 0.490 e. The smallest absolute Gasteiger partial charge is 0.236 e. The minimum Gasteiger partial charge on any atom is -0.490 e. The van der Waals surface area contributed by atoms with Gasteiger partial charge in [0, 0.05) is 30.9 Å². The number of hydrogen-bond donors (Lipinski definition) is 1. The van der Waals surface area contributed by atoms with Gasteiger partial charge >= 0.3 is 0 Å². The maximum absolute atomic E-state index is 12.6. The quantitative estimate of drug-likeness (QED) is 0.458. The van der Waals surface area contributed by atoms with E-state index in [1.165, 1.54) is 16.7 Å². The number of fused-ring (bicyclic) bond motifs is 1. The summed E-state index contributed by atoms with van der Waals surface area (Å²) in [7, 11) is 0. The van der Waals surface area contributed by atoms with Crippen LogP contribution in [0.15, 0.2) is 42.6 Å². The molecule has 7 heteroatoms. The van der Waals surface area contributed by atoms with Crippen LogP contribution in [0, 0.1) is 17.2 Å². The van der Waals surface area contributed by atoms with Gasteiger partial charge in [0.1, 0.15) is 16.8 Å². The number of nitriles is 1. The number of nitrogens with zero attached hydrogens (tertiary/aromatic N) is 3. The number of rotatable bonds is 7. The number of hydrogen-bond acceptors (Lipinski definition) is 6. The fourth-order valence-electron chi connectivity index (χ4n) is 5.33. The molecule has 2 aliphatic rings. The monoisotopic (exact) mass is 500 g/mol. The lowest BCUT2D eigenvalue weighted by Gasteiger charge is -2.21. The summed E-state index contributed by atoms with van der Waals surface area (Å²) in [4.78, 5) is 20.4. The molecule has 0 unspecified atom stereocenters. The van der Waals surface area contributed by atoms with Crippen LogP contribution < -0.4 is 10.1 Å². The minimum absolute atomic E-state index is 0.00800. The summed E-state index contributed by atoms with van der Waals surface area (Å²) in [5.74, 6) is 1.22. The Balaban J connectivity index is 1.37. The van der Waals surface area contributed by atoms with Crippen LogP contribution in [0.1, 0.15) is 56.3 Å². The van der Waals surface area contributed by atoms with E-state index in [0.29, 0.717) is 23.8 Å². The van der Waals surface area contributed by atoms with Crippen LogP contribution in [-0.4, -0.2) is 41.5 Å². The molecular formula is C29H32N4O2S. The van der Waals surface area contributed by atoms with Crippen molar-refractivity contribution in [2.45, 2.75) is 52.2 Å². The Morgan fingerprint density at radius 2 is 2.08 bits per heavy atom. The highest BCUT2D eigenvalue weighted by Crippen LogP contribution is 2.43. The van der Waals surface area contributed by atoms with Crippen molar-refractivity contribution >= 4 is 17.2 Å². The lowest BCUT2D eigenvalue weighted by molar-refractivity contribution is -0.129. The number of aromatic nitrogens is 1. The molecule has 0 radical (unpaired) electrons. The number of benzene rings is 2. The normalized spacial score (nSPS) is 18.9. The topological polar surface area (TPSA) is 78.2 Å². The molecule has 0 bridgehead atoms. The summed E-state index contributed by atoms with van der Waals surface area (Å²) in [6, 6.07) is 14.6. The second-order valence-electron chi connectivity index (χ2n) is 10.0. The molecule has 2 heterocycles. The van der Waals surface area contributed by atoms with Crippen LogP contribution in [0.3, 0.4) is 0 Å². The van der Waals surface area contributed by atoms with Gasteiger partial charge < -0.3 is 15.0 Å². The second kappa shape index (κ2) is 10.4. The van der Waals surface area contributed by atoms with Gasteiger partial charge in [0.25, 0.3) is 0 Å². The summed E-state index contributed by atoms with van der Waals surface area (Å²) in [6.07, 6.45) is 5.13. The van der Waals surface area contributed by atoms with Gasteiger partial charge in [-0.2, -0.15) is 5.26 Å². The average molecular weight is 501 g/mol. The third kappa shape index (κ3) is 4.88. The van der Waals surface area contributed by atoms with Gasteiger partial charge in [-0.3, -0.25) is 4.79 Å². The van der Waals surface area contributed by atoms with Gasteiger partial charge in [0.05, 0.1) is 23.1 Å². The molecule has 2 atom stereocenters. The number of ether oxygens (including phenoxy) is 1. The zero-order valence-corrected chi connectivity index (χ0v) is 21.9. The molecule has 1 N–H and O–H groups in total. The van der Waals surface area contributed by atoms with Crippen molar-refractivity contribution in [1.82, 2.24) is 15.2 Å². The number of carbonyl (C=O) groups excluding carboxylic acids is 1. The number of thiazole rings is 1. The predicted molar refractivity (Wildman–Crippen MR) is 143 cm³/mol. The first kappa shape index (κ1) is 24.5. The van der Waals surface area contributed by atoms with Gasteiger partial charge in [-0.05, 0) is 73.9 Å². The molecule has 5 rings (SSSR count). The van der Waals surface area contributed by atoms with Crippen molar-refractivity contribution in [2.24, 2.45) is 5.92 Å². The van der Waals surface area contributed by atoms with Crippen molar-refractivity contribution < 1.29 is 9.53 Å². The first-order chi connectivity index (χ1) is 17.4. The van der Waals surface area contributed by atoms with Crippen molar-refractivity contribution in [3.63, 3.8) is 0 Å². The standard InChI is InChI=1S/C29H32N4O2S/c1-18(2)35-25-10-9-20(14-21(25)15-30)29-32-16-26(36-29)22-7-6-8-23-24(22)13-19(3)28(23)31-17-27(34)33-11-4-5-12-33/h6-10,14,16,18-19,28,31H,4-5,11-13,17H2,1-3H3/t19-,28+/m1/s1. The Bertz CT molecular complexity index is 1300. The number of carbonyl (C=O) groups is 1. The summed E-state index contributed by atoms with van der Waals surface area (Å²) < 4.78 is 5.77. The minimum atomic E-state index is 0.00800. The molecule has 0 spiro atoms. The van der Waals surface area contributed by atoms with Gasteiger partial charge in [-0.15, -0.1) is 11.3 Å². The zero-order valence-electron chi connectivity index (χ0n) is 21.1. The molecule has 1 saturated heterocycles. The second-order valence-corrected chi connectivity index (χ2v) is 11.1. The highest BCUT2D eigenvalue weighted by atomic mass is 32.1. The van der Waals surface area contributed by atoms with E-state index in [4.69, 9.17) is 9.72 Å². The summed E-state index contributed by atoms with van der Waals surface area (Å²) in [6.45, 7) is 8.32. The van der Waals surface area contributed by atoms with Crippen LogP contribution in [0.4, 0.5) is 0 Å². The van der Waals surface area contributed by atoms with E-state index in [-0.39, 0.29) is 18.1 Å². The number of likely N-dealkylation sites (tertiary alicyclic amines) is 1. The molecule has 1 aliphatic carbocycles. The maximum atomic E-state index is 12.6.